The van der Waals surface area contributed by atoms with Gasteiger partial charge in [-0.15, -0.1) is 0 Å². The van der Waals surface area contributed by atoms with Gasteiger partial charge in [-0.2, -0.15) is 0 Å². The lowest BCUT2D eigenvalue weighted by molar-refractivity contribution is 0.217. The molecule has 0 spiro atoms. The molecule has 1 radical (unpaired) electrons. The van der Waals surface area contributed by atoms with Crippen LogP contribution in [0.5, 0.6) is 0 Å². The molecular weight excluding hydrogens is 100 g/mol. The third kappa shape index (κ3) is 4.13. The monoisotopic (exact) mass is 115 g/mol. The Morgan fingerprint density at radius 3 is 2.62 bits per heavy atom. The normalized spacial score (nSPS) is 13.9. The van der Waals surface area contributed by atoms with Crippen LogP contribution in [-0.2, 0) is 4.74 Å². The van der Waals surface area contributed by atoms with Gasteiger partial charge in [-0.25, -0.2) is 0 Å². The Bertz CT molecular complexity index is 43.7. The molecule has 1 nitrogen and oxygen atoms in total. The summed E-state index contributed by atoms with van der Waals surface area (Å²) in [6, 6.07) is 0. The smallest absolute Gasteiger partial charge is 0.0700 e. The first-order valence-corrected chi connectivity index (χ1v) is 3.18. The van der Waals surface area contributed by atoms with E-state index in [0.717, 1.165) is 18.9 Å². The fourth-order valence-electron chi connectivity index (χ4n) is 0.489. The highest BCUT2D eigenvalue weighted by Gasteiger charge is 1.95. The van der Waals surface area contributed by atoms with E-state index < -0.39 is 0 Å². The van der Waals surface area contributed by atoms with Gasteiger partial charge in [0, 0.05) is 6.61 Å². The summed E-state index contributed by atoms with van der Waals surface area (Å²) in [7, 11) is 3.29. The van der Waals surface area contributed by atoms with Crippen LogP contribution in [0.2, 0.25) is 0 Å². The first-order chi connectivity index (χ1) is 3.81. The summed E-state index contributed by atoms with van der Waals surface area (Å²) in [6.45, 7) is 5.21. The van der Waals surface area contributed by atoms with Crippen LogP contribution >= 0.6 is 0 Å². The van der Waals surface area contributed by atoms with E-state index >= 15 is 0 Å². The third-order valence-corrected chi connectivity index (χ3v) is 1.45. The first kappa shape index (κ1) is 7.96. The maximum Gasteiger partial charge on any atom is 0.0700 e. The molecule has 0 aromatic heterocycles. The highest BCUT2D eigenvalue weighted by atomic mass is 16.5. The second-order valence-corrected chi connectivity index (χ2v) is 2.21. The average Bonchev–Trinajstić information content (AvgIpc) is 1.83. The molecule has 0 bridgehead atoms. The van der Waals surface area contributed by atoms with Gasteiger partial charge < -0.3 is 4.74 Å². The minimum atomic E-state index is 0.789. The second kappa shape index (κ2) is 5.10. The topological polar surface area (TPSA) is 9.23 Å². The maximum atomic E-state index is 4.66. The van der Waals surface area contributed by atoms with Crippen LogP contribution in [0.15, 0.2) is 0 Å². The van der Waals surface area contributed by atoms with Gasteiger partial charge in [0.05, 0.1) is 7.11 Å². The Balaban J connectivity index is 2.86. The SMILES string of the molecule is [CH2]OCCC(C)CC. The predicted octanol–water partition coefficient (Wildman–Crippen LogP) is 2.23. The first-order valence-electron chi connectivity index (χ1n) is 3.18. The zero-order valence-electron chi connectivity index (χ0n) is 5.81. The molecule has 0 aliphatic carbocycles. The van der Waals surface area contributed by atoms with Gasteiger partial charge in [0.2, 0.25) is 0 Å². The molecule has 0 amide bonds. The summed E-state index contributed by atoms with van der Waals surface area (Å²) in [4.78, 5) is 0. The van der Waals surface area contributed by atoms with Gasteiger partial charge in [0.1, 0.15) is 0 Å². The standard InChI is InChI=1S/C7H15O/c1-4-7(2)5-6-8-3/h7H,3-6H2,1-2H3. The highest BCUT2D eigenvalue weighted by Crippen LogP contribution is 2.04. The summed E-state index contributed by atoms with van der Waals surface area (Å²) < 4.78 is 4.66. The lowest BCUT2D eigenvalue weighted by Crippen LogP contribution is -1.96. The number of rotatable bonds is 4. The molecule has 0 fully saturated rings. The van der Waals surface area contributed by atoms with E-state index in [9.17, 15) is 0 Å². The molecule has 0 saturated heterocycles. The fourth-order valence-corrected chi connectivity index (χ4v) is 0.489. The summed E-state index contributed by atoms with van der Waals surface area (Å²) in [5.41, 5.74) is 0. The molecule has 0 N–H and O–H groups in total. The van der Waals surface area contributed by atoms with Gasteiger partial charge >= 0.3 is 0 Å². The molecule has 1 unspecified atom stereocenters. The largest absolute Gasteiger partial charge is 0.379 e. The van der Waals surface area contributed by atoms with Crippen LogP contribution in [0.4, 0.5) is 0 Å². The molecule has 0 aliphatic rings. The van der Waals surface area contributed by atoms with E-state index in [1.807, 2.05) is 0 Å². The average molecular weight is 115 g/mol. The molecule has 1 heteroatoms. The summed E-state index contributed by atoms with van der Waals surface area (Å²) in [5.74, 6) is 0.789. The zero-order valence-corrected chi connectivity index (χ0v) is 5.81. The molecule has 0 aliphatic heterocycles. The number of hydrogen-bond donors (Lipinski definition) is 0. The van der Waals surface area contributed by atoms with Crippen molar-refractivity contribution in [1.29, 1.82) is 0 Å². The van der Waals surface area contributed by atoms with Crippen LogP contribution in [0.3, 0.4) is 0 Å². The van der Waals surface area contributed by atoms with Crippen LogP contribution < -0.4 is 0 Å². The van der Waals surface area contributed by atoms with Crippen LogP contribution in [0.1, 0.15) is 26.7 Å². The Hall–Kier alpha value is -0.0400. The number of hydrogen-bond acceptors (Lipinski definition) is 1. The van der Waals surface area contributed by atoms with Gasteiger partial charge in [-0.3, -0.25) is 0 Å². The third-order valence-electron chi connectivity index (χ3n) is 1.45. The molecule has 0 aromatic rings. The van der Waals surface area contributed by atoms with Crippen molar-refractivity contribution >= 4 is 0 Å². The van der Waals surface area contributed by atoms with Gasteiger partial charge in [0.15, 0.2) is 0 Å². The summed E-state index contributed by atoms with van der Waals surface area (Å²) in [5, 5.41) is 0. The molecule has 8 heavy (non-hydrogen) atoms. The Morgan fingerprint density at radius 1 is 1.62 bits per heavy atom. The quantitative estimate of drug-likeness (QED) is 0.546. The number of ether oxygens (including phenoxy) is 1. The minimum Gasteiger partial charge on any atom is -0.379 e. The molecule has 1 atom stereocenters. The van der Waals surface area contributed by atoms with Crippen molar-refractivity contribution in [2.24, 2.45) is 5.92 Å². The van der Waals surface area contributed by atoms with E-state index in [-0.39, 0.29) is 0 Å². The van der Waals surface area contributed by atoms with E-state index in [0.29, 0.717) is 0 Å². The maximum absolute atomic E-state index is 4.66. The van der Waals surface area contributed by atoms with E-state index in [4.69, 9.17) is 0 Å². The molecule has 0 rings (SSSR count). The van der Waals surface area contributed by atoms with E-state index in [2.05, 4.69) is 25.7 Å². The molecule has 0 aromatic carbocycles. The lowest BCUT2D eigenvalue weighted by atomic mass is 10.1. The van der Waals surface area contributed by atoms with Crippen molar-refractivity contribution in [1.82, 2.24) is 0 Å². The molecule has 0 saturated carbocycles. The van der Waals surface area contributed by atoms with Crippen LogP contribution in [-0.4, -0.2) is 6.61 Å². The minimum absolute atomic E-state index is 0.789. The second-order valence-electron chi connectivity index (χ2n) is 2.21. The van der Waals surface area contributed by atoms with Crippen LogP contribution in [0.25, 0.3) is 0 Å². The Labute approximate surface area is 52.0 Å². The highest BCUT2D eigenvalue weighted by molar-refractivity contribution is 4.47. The van der Waals surface area contributed by atoms with Crippen molar-refractivity contribution in [3.63, 3.8) is 0 Å². The predicted molar refractivity (Wildman–Crippen MR) is 35.4 cm³/mol. The van der Waals surface area contributed by atoms with Crippen molar-refractivity contribution in [2.75, 3.05) is 6.61 Å². The molecular formula is C7H15O. The summed E-state index contributed by atoms with van der Waals surface area (Å²) in [6.07, 6.45) is 2.38. The van der Waals surface area contributed by atoms with Crippen molar-refractivity contribution in [3.05, 3.63) is 7.11 Å². The van der Waals surface area contributed by atoms with E-state index in [1.54, 1.807) is 0 Å². The van der Waals surface area contributed by atoms with Crippen molar-refractivity contribution < 1.29 is 4.74 Å². The van der Waals surface area contributed by atoms with Crippen molar-refractivity contribution in [2.45, 2.75) is 26.7 Å². The molecule has 49 valence electrons. The van der Waals surface area contributed by atoms with Gasteiger partial charge in [-0.05, 0) is 12.3 Å². The Morgan fingerprint density at radius 2 is 2.25 bits per heavy atom. The zero-order chi connectivity index (χ0) is 6.41. The molecule has 0 heterocycles. The Kier molecular flexibility index (Phi) is 5.08. The lowest BCUT2D eigenvalue weighted by Gasteiger charge is -2.04. The van der Waals surface area contributed by atoms with E-state index in [1.165, 1.54) is 6.42 Å². The summed E-state index contributed by atoms with van der Waals surface area (Å²) >= 11 is 0. The van der Waals surface area contributed by atoms with Crippen LogP contribution in [0, 0.1) is 13.0 Å². The van der Waals surface area contributed by atoms with Crippen molar-refractivity contribution in [3.8, 4) is 0 Å². The fraction of sp³-hybridized carbons (Fsp3) is 0.857. The van der Waals surface area contributed by atoms with Gasteiger partial charge in [0.25, 0.3) is 0 Å². The van der Waals surface area contributed by atoms with Gasteiger partial charge in [-0.1, -0.05) is 20.3 Å².